The second-order valence-corrected chi connectivity index (χ2v) is 7.98. The van der Waals surface area contributed by atoms with Gasteiger partial charge in [0.25, 0.3) is 0 Å². The van der Waals surface area contributed by atoms with Crippen molar-refractivity contribution in [3.63, 3.8) is 0 Å². The highest BCUT2D eigenvalue weighted by Crippen LogP contribution is 2.39. The lowest BCUT2D eigenvalue weighted by molar-refractivity contribution is -0.141. The van der Waals surface area contributed by atoms with E-state index < -0.39 is 11.9 Å². The fourth-order valence-corrected chi connectivity index (χ4v) is 3.33. The van der Waals surface area contributed by atoms with Gasteiger partial charge >= 0.3 is 6.18 Å². The van der Waals surface area contributed by atoms with Crippen molar-refractivity contribution in [2.45, 2.75) is 86.2 Å². The summed E-state index contributed by atoms with van der Waals surface area (Å²) in [6, 6.07) is 5.17. The molecule has 9 heteroatoms. The van der Waals surface area contributed by atoms with Crippen molar-refractivity contribution in [1.29, 1.82) is 0 Å². The monoisotopic (exact) mass is 476 g/mol. The van der Waals surface area contributed by atoms with E-state index in [-0.39, 0.29) is 11.6 Å². The summed E-state index contributed by atoms with van der Waals surface area (Å²) in [6.45, 7) is 15.4. The summed E-state index contributed by atoms with van der Waals surface area (Å²) in [6.07, 6.45) is 1.50. The number of halogens is 3. The third-order valence-electron chi connectivity index (χ3n) is 5.11. The van der Waals surface area contributed by atoms with Crippen molar-refractivity contribution in [2.75, 3.05) is 0 Å². The lowest BCUT2D eigenvalue weighted by atomic mass is 10.1. The van der Waals surface area contributed by atoms with Gasteiger partial charge in [0.2, 0.25) is 0 Å². The molecule has 34 heavy (non-hydrogen) atoms. The first-order valence-corrected chi connectivity index (χ1v) is 11.9. The smallest absolute Gasteiger partial charge is 0.233 e. The zero-order valence-corrected chi connectivity index (χ0v) is 21.3. The molecule has 1 saturated carbocycles. The summed E-state index contributed by atoms with van der Waals surface area (Å²) in [7, 11) is 0. The van der Waals surface area contributed by atoms with E-state index in [1.54, 1.807) is 13.1 Å². The van der Waals surface area contributed by atoms with Crippen LogP contribution in [0.4, 0.5) is 13.2 Å². The molecule has 0 amide bonds. The van der Waals surface area contributed by atoms with Gasteiger partial charge in [-0.15, -0.1) is 0 Å². The number of nitrogens with zero attached hydrogens (tertiary/aromatic N) is 6. The lowest BCUT2D eigenvalue weighted by Gasteiger charge is -2.12. The van der Waals surface area contributed by atoms with Crippen LogP contribution in [0.15, 0.2) is 30.6 Å². The van der Waals surface area contributed by atoms with Crippen molar-refractivity contribution in [3.05, 3.63) is 58.9 Å². The molecule has 4 heterocycles. The molecule has 186 valence electrons. The van der Waals surface area contributed by atoms with Gasteiger partial charge in [-0.3, -0.25) is 0 Å². The van der Waals surface area contributed by atoms with Crippen LogP contribution in [0.25, 0.3) is 11.3 Å². The third kappa shape index (κ3) is 6.12. The molecule has 0 spiro atoms. The first-order valence-electron chi connectivity index (χ1n) is 11.9. The largest absolute Gasteiger partial charge is 0.433 e. The third-order valence-corrected chi connectivity index (χ3v) is 5.11. The molecule has 0 unspecified atom stereocenters. The summed E-state index contributed by atoms with van der Waals surface area (Å²) in [5.74, 6) is 0.666. The summed E-state index contributed by atoms with van der Waals surface area (Å²) in [5.41, 5.74) is 3.94. The minimum atomic E-state index is -4.43. The average molecular weight is 477 g/mol. The first kappa shape index (κ1) is 27.3. The van der Waals surface area contributed by atoms with Crippen LogP contribution < -0.4 is 0 Å². The van der Waals surface area contributed by atoms with E-state index in [0.29, 0.717) is 11.3 Å². The Bertz CT molecular complexity index is 1200. The molecule has 0 saturated heterocycles. The SMILES string of the molecule is CC.CC.Cc1cc(C2CC2)nc2ccnn12.Cc1cnn2c(C(C)C)cc(C(F)(F)F)nc12. The van der Waals surface area contributed by atoms with Gasteiger partial charge in [-0.25, -0.2) is 19.0 Å². The van der Waals surface area contributed by atoms with Crippen molar-refractivity contribution in [2.24, 2.45) is 0 Å². The van der Waals surface area contributed by atoms with Gasteiger partial charge in [0, 0.05) is 34.6 Å². The number of aromatic nitrogens is 6. The summed E-state index contributed by atoms with van der Waals surface area (Å²) >= 11 is 0. The molecule has 0 N–H and O–H groups in total. The van der Waals surface area contributed by atoms with Crippen molar-refractivity contribution in [1.82, 2.24) is 29.2 Å². The molecule has 4 aromatic heterocycles. The molecule has 0 bridgehead atoms. The second kappa shape index (κ2) is 11.4. The molecule has 1 aliphatic carbocycles. The molecule has 1 fully saturated rings. The number of hydrogen-bond donors (Lipinski definition) is 0. The van der Waals surface area contributed by atoms with E-state index in [9.17, 15) is 13.2 Å². The van der Waals surface area contributed by atoms with E-state index in [2.05, 4.69) is 33.2 Å². The fourth-order valence-electron chi connectivity index (χ4n) is 3.33. The Kier molecular flexibility index (Phi) is 9.18. The van der Waals surface area contributed by atoms with E-state index in [1.165, 1.54) is 34.9 Å². The van der Waals surface area contributed by atoms with Crippen molar-refractivity contribution >= 4 is 11.3 Å². The Labute approximate surface area is 199 Å². The van der Waals surface area contributed by atoms with E-state index >= 15 is 0 Å². The standard InChI is InChI=1S/C11H12F3N3.C10H11N3.2C2H6/c1-6(2)8-4-9(11(12,13)14)16-10-7(3)5-15-17(8)10;1-7-6-9(8-2-3-8)12-10-4-5-11-13(7)10;2*1-2/h4-6H,1-3H3;4-6,8H,2-3H2,1H3;2*1-2H3. The van der Waals surface area contributed by atoms with Crippen LogP contribution in [-0.4, -0.2) is 29.2 Å². The zero-order chi connectivity index (χ0) is 25.6. The summed E-state index contributed by atoms with van der Waals surface area (Å²) < 4.78 is 41.5. The highest BCUT2D eigenvalue weighted by Gasteiger charge is 2.34. The Morgan fingerprint density at radius 1 is 0.941 bits per heavy atom. The maximum Gasteiger partial charge on any atom is 0.433 e. The van der Waals surface area contributed by atoms with Crippen LogP contribution in [0.2, 0.25) is 0 Å². The van der Waals surface area contributed by atoms with Gasteiger partial charge in [-0.2, -0.15) is 23.4 Å². The van der Waals surface area contributed by atoms with Crippen LogP contribution in [0.3, 0.4) is 0 Å². The number of aryl methyl sites for hydroxylation is 2. The lowest BCUT2D eigenvalue weighted by Crippen LogP contribution is -2.13. The van der Waals surface area contributed by atoms with E-state index in [1.807, 2.05) is 52.1 Å². The quantitative estimate of drug-likeness (QED) is 0.308. The Morgan fingerprint density at radius 2 is 1.59 bits per heavy atom. The number of rotatable bonds is 2. The van der Waals surface area contributed by atoms with Crippen LogP contribution >= 0.6 is 0 Å². The van der Waals surface area contributed by atoms with Crippen LogP contribution in [0.5, 0.6) is 0 Å². The zero-order valence-electron chi connectivity index (χ0n) is 21.3. The average Bonchev–Trinajstić information content (AvgIpc) is 3.44. The maximum atomic E-state index is 12.7. The molecule has 1 aliphatic rings. The van der Waals surface area contributed by atoms with Gasteiger partial charge in [0.1, 0.15) is 5.69 Å². The Hall–Kier alpha value is -2.97. The maximum absolute atomic E-state index is 12.7. The second-order valence-electron chi connectivity index (χ2n) is 7.98. The van der Waals surface area contributed by atoms with E-state index in [0.717, 1.165) is 17.6 Å². The van der Waals surface area contributed by atoms with E-state index in [4.69, 9.17) is 0 Å². The van der Waals surface area contributed by atoms with Crippen LogP contribution in [-0.2, 0) is 6.18 Å². The van der Waals surface area contributed by atoms with Crippen molar-refractivity contribution < 1.29 is 13.2 Å². The molecule has 4 aromatic rings. The molecule has 0 radical (unpaired) electrons. The molecule has 5 rings (SSSR count). The van der Waals surface area contributed by atoms with Gasteiger partial charge in [-0.05, 0) is 44.7 Å². The van der Waals surface area contributed by atoms with Crippen LogP contribution in [0, 0.1) is 13.8 Å². The van der Waals surface area contributed by atoms with Gasteiger partial charge < -0.3 is 0 Å². The van der Waals surface area contributed by atoms with Gasteiger partial charge in [0.05, 0.1) is 12.4 Å². The molecular formula is C25H35F3N6. The fraction of sp³-hybridized carbons (Fsp3) is 0.520. The molecule has 6 nitrogen and oxygen atoms in total. The minimum Gasteiger partial charge on any atom is -0.233 e. The number of alkyl halides is 3. The van der Waals surface area contributed by atoms with Gasteiger partial charge in [-0.1, -0.05) is 41.5 Å². The number of fused-ring (bicyclic) bond motifs is 2. The Balaban J connectivity index is 0.000000214. The highest BCUT2D eigenvalue weighted by molar-refractivity contribution is 5.48. The molecule has 0 atom stereocenters. The Morgan fingerprint density at radius 3 is 2.15 bits per heavy atom. The molecule has 0 aromatic carbocycles. The number of hydrogen-bond acceptors (Lipinski definition) is 4. The molecular weight excluding hydrogens is 441 g/mol. The van der Waals surface area contributed by atoms with Crippen LogP contribution in [0.1, 0.15) is 94.6 Å². The predicted octanol–water partition coefficient (Wildman–Crippen LogP) is 7.15. The van der Waals surface area contributed by atoms with Crippen molar-refractivity contribution in [3.8, 4) is 0 Å². The highest BCUT2D eigenvalue weighted by atomic mass is 19.4. The summed E-state index contributed by atoms with van der Waals surface area (Å²) in [5, 5.41) is 8.24. The first-order chi connectivity index (χ1) is 16.1. The summed E-state index contributed by atoms with van der Waals surface area (Å²) in [4.78, 5) is 8.18. The topological polar surface area (TPSA) is 60.4 Å². The minimum absolute atomic E-state index is 0.0547. The molecule has 0 aliphatic heterocycles. The van der Waals surface area contributed by atoms with Gasteiger partial charge in [0.15, 0.2) is 11.3 Å². The normalized spacial score (nSPS) is 13.1. The predicted molar refractivity (Wildman–Crippen MR) is 129 cm³/mol.